The fourth-order valence-corrected chi connectivity index (χ4v) is 5.81. The van der Waals surface area contributed by atoms with Crippen molar-refractivity contribution in [1.82, 2.24) is 9.80 Å². The van der Waals surface area contributed by atoms with Gasteiger partial charge in [-0.2, -0.15) is 0 Å². The highest BCUT2D eigenvalue weighted by Gasteiger charge is 2.50. The highest BCUT2D eigenvalue weighted by atomic mass is 16.5. The summed E-state index contributed by atoms with van der Waals surface area (Å²) in [5, 5.41) is 11.5. The lowest BCUT2D eigenvalue weighted by molar-refractivity contribution is -0.145. The Morgan fingerprint density at radius 1 is 1.07 bits per heavy atom. The molecule has 1 amide bonds. The van der Waals surface area contributed by atoms with E-state index in [1.54, 1.807) is 14.2 Å². The second-order valence-corrected chi connectivity index (χ2v) is 9.17. The third-order valence-electron chi connectivity index (χ3n) is 7.48. The number of fused-ring (bicyclic) bond motifs is 1. The molecule has 0 spiro atoms. The number of hydrogen-bond donors (Lipinski definition) is 1. The molecule has 1 aliphatic carbocycles. The summed E-state index contributed by atoms with van der Waals surface area (Å²) in [6.45, 7) is 2.88. The van der Waals surface area contributed by atoms with Gasteiger partial charge in [0.05, 0.1) is 26.4 Å². The minimum atomic E-state index is -0.654. The van der Waals surface area contributed by atoms with Gasteiger partial charge in [-0.15, -0.1) is 0 Å². The van der Waals surface area contributed by atoms with Crippen LogP contribution in [-0.4, -0.2) is 66.8 Å². The van der Waals surface area contributed by atoms with E-state index in [2.05, 4.69) is 11.0 Å². The van der Waals surface area contributed by atoms with Gasteiger partial charge in [0.25, 0.3) is 0 Å². The molecular formula is C24H36N2O4. The fourth-order valence-electron chi connectivity index (χ4n) is 5.81. The van der Waals surface area contributed by atoms with Crippen LogP contribution >= 0.6 is 0 Å². The number of aliphatic hydroxyl groups is 1. The topological polar surface area (TPSA) is 62.2 Å². The van der Waals surface area contributed by atoms with E-state index >= 15 is 0 Å². The summed E-state index contributed by atoms with van der Waals surface area (Å²) in [7, 11) is 3.33. The minimum Gasteiger partial charge on any atom is -0.497 e. The maximum atomic E-state index is 13.1. The largest absolute Gasteiger partial charge is 0.497 e. The first-order valence-electron chi connectivity index (χ1n) is 11.5. The normalized spacial score (nSPS) is 29.9. The van der Waals surface area contributed by atoms with Crippen molar-refractivity contribution in [2.75, 3.05) is 40.4 Å². The molecule has 166 valence electrons. The molecule has 2 aliphatic heterocycles. The number of rotatable bonds is 5. The molecule has 0 unspecified atom stereocenters. The van der Waals surface area contributed by atoms with Crippen molar-refractivity contribution in [1.29, 1.82) is 0 Å². The molecule has 6 nitrogen and oxygen atoms in total. The molecule has 0 aromatic heterocycles. The lowest BCUT2D eigenvalue weighted by Gasteiger charge is -2.53. The molecule has 0 bridgehead atoms. The number of piperidine rings is 2. The molecule has 6 heteroatoms. The minimum absolute atomic E-state index is 0.0290. The van der Waals surface area contributed by atoms with E-state index in [0.717, 1.165) is 81.6 Å². The standard InChI is InChI=1S/C24H36N2O4/c1-29-18-9-10-19(21(16-18)30-2)23-20-8-4-5-11-24(20,28)12-15-26(23)17-22(27)25-13-6-3-7-14-25/h9-10,16,20,23,28H,3-8,11-15,17H2,1-2H3/t20-,23+,24+/m0/s1. The van der Waals surface area contributed by atoms with Gasteiger partial charge in [-0.1, -0.05) is 18.9 Å². The first-order valence-corrected chi connectivity index (χ1v) is 11.5. The molecule has 1 saturated carbocycles. The summed E-state index contributed by atoms with van der Waals surface area (Å²) in [5.74, 6) is 1.84. The average molecular weight is 417 g/mol. The Morgan fingerprint density at radius 3 is 2.60 bits per heavy atom. The summed E-state index contributed by atoms with van der Waals surface area (Å²) in [5.41, 5.74) is 0.396. The molecule has 4 rings (SSSR count). The van der Waals surface area contributed by atoms with Gasteiger partial charge in [-0.3, -0.25) is 9.69 Å². The van der Waals surface area contributed by atoms with Crippen LogP contribution < -0.4 is 9.47 Å². The van der Waals surface area contributed by atoms with Gasteiger partial charge in [0, 0.05) is 43.2 Å². The molecule has 1 aromatic carbocycles. The Hall–Kier alpha value is -1.79. The van der Waals surface area contributed by atoms with Crippen LogP contribution in [0.4, 0.5) is 0 Å². The summed E-state index contributed by atoms with van der Waals surface area (Å²) in [6, 6.07) is 5.90. The summed E-state index contributed by atoms with van der Waals surface area (Å²) < 4.78 is 11.1. The summed E-state index contributed by atoms with van der Waals surface area (Å²) >= 11 is 0. The second-order valence-electron chi connectivity index (χ2n) is 9.17. The maximum absolute atomic E-state index is 13.1. The van der Waals surface area contributed by atoms with E-state index in [1.807, 2.05) is 17.0 Å². The van der Waals surface area contributed by atoms with Gasteiger partial charge in [0.2, 0.25) is 5.91 Å². The van der Waals surface area contributed by atoms with Crippen LogP contribution in [-0.2, 0) is 4.79 Å². The average Bonchev–Trinajstić information content (AvgIpc) is 2.79. The van der Waals surface area contributed by atoms with E-state index in [9.17, 15) is 9.90 Å². The Kier molecular flexibility index (Phi) is 6.54. The predicted octanol–water partition coefficient (Wildman–Crippen LogP) is 3.38. The number of carbonyl (C=O) groups excluding carboxylic acids is 1. The third-order valence-corrected chi connectivity index (χ3v) is 7.48. The number of hydrogen-bond acceptors (Lipinski definition) is 5. The highest BCUT2D eigenvalue weighted by Crippen LogP contribution is 2.51. The van der Waals surface area contributed by atoms with Gasteiger partial charge in [-0.05, 0) is 44.6 Å². The van der Waals surface area contributed by atoms with E-state index < -0.39 is 5.60 Å². The first-order chi connectivity index (χ1) is 14.6. The quantitative estimate of drug-likeness (QED) is 0.797. The number of amides is 1. The Bertz CT molecular complexity index is 749. The van der Waals surface area contributed by atoms with Crippen molar-refractivity contribution in [2.24, 2.45) is 5.92 Å². The van der Waals surface area contributed by atoms with E-state index in [0.29, 0.717) is 6.54 Å². The van der Waals surface area contributed by atoms with Gasteiger partial charge in [0.15, 0.2) is 0 Å². The lowest BCUT2D eigenvalue weighted by Crippen LogP contribution is -2.56. The molecule has 3 atom stereocenters. The zero-order chi connectivity index (χ0) is 21.1. The zero-order valence-corrected chi connectivity index (χ0v) is 18.4. The Balaban J connectivity index is 1.65. The van der Waals surface area contributed by atoms with E-state index in [1.165, 1.54) is 6.42 Å². The number of ether oxygens (including phenoxy) is 2. The van der Waals surface area contributed by atoms with Gasteiger partial charge >= 0.3 is 0 Å². The molecule has 2 saturated heterocycles. The number of likely N-dealkylation sites (tertiary alicyclic amines) is 2. The van der Waals surface area contributed by atoms with Crippen LogP contribution in [0.15, 0.2) is 18.2 Å². The highest BCUT2D eigenvalue weighted by molar-refractivity contribution is 5.78. The second kappa shape index (κ2) is 9.15. The molecule has 0 radical (unpaired) electrons. The van der Waals surface area contributed by atoms with Gasteiger partial charge in [-0.25, -0.2) is 0 Å². The fraction of sp³-hybridized carbons (Fsp3) is 0.708. The number of benzene rings is 1. The van der Waals surface area contributed by atoms with Crippen LogP contribution in [0, 0.1) is 5.92 Å². The maximum Gasteiger partial charge on any atom is 0.236 e. The molecule has 1 N–H and O–H groups in total. The Morgan fingerprint density at radius 2 is 1.87 bits per heavy atom. The Labute approximate surface area is 180 Å². The van der Waals surface area contributed by atoms with Crippen molar-refractivity contribution >= 4 is 5.91 Å². The molecule has 3 aliphatic rings. The van der Waals surface area contributed by atoms with E-state index in [4.69, 9.17) is 9.47 Å². The summed E-state index contributed by atoms with van der Waals surface area (Å²) in [6.07, 6.45) is 8.18. The van der Waals surface area contributed by atoms with E-state index in [-0.39, 0.29) is 17.9 Å². The summed E-state index contributed by atoms with van der Waals surface area (Å²) in [4.78, 5) is 17.4. The lowest BCUT2D eigenvalue weighted by atomic mass is 9.66. The van der Waals surface area contributed by atoms with Crippen molar-refractivity contribution in [3.8, 4) is 11.5 Å². The van der Waals surface area contributed by atoms with Crippen LogP contribution in [0.5, 0.6) is 11.5 Å². The van der Waals surface area contributed by atoms with Crippen LogP contribution in [0.2, 0.25) is 0 Å². The smallest absolute Gasteiger partial charge is 0.236 e. The van der Waals surface area contributed by atoms with Crippen molar-refractivity contribution in [3.63, 3.8) is 0 Å². The first kappa shape index (κ1) is 21.4. The molecule has 2 heterocycles. The number of nitrogens with zero attached hydrogens (tertiary/aromatic N) is 2. The zero-order valence-electron chi connectivity index (χ0n) is 18.4. The monoisotopic (exact) mass is 416 g/mol. The molecule has 30 heavy (non-hydrogen) atoms. The molecule has 3 fully saturated rings. The van der Waals surface area contributed by atoms with Gasteiger partial charge < -0.3 is 19.5 Å². The van der Waals surface area contributed by atoms with Gasteiger partial charge in [0.1, 0.15) is 11.5 Å². The van der Waals surface area contributed by atoms with Crippen LogP contribution in [0.1, 0.15) is 63.0 Å². The molecule has 1 aromatic rings. The van der Waals surface area contributed by atoms with Crippen LogP contribution in [0.3, 0.4) is 0 Å². The SMILES string of the molecule is COc1ccc([C@@H]2[C@@H]3CCCC[C@@]3(O)CCN2CC(=O)N2CCCCC2)c(OC)c1. The van der Waals surface area contributed by atoms with Crippen molar-refractivity contribution in [2.45, 2.75) is 63.0 Å². The number of carbonyl (C=O) groups is 1. The predicted molar refractivity (Wildman–Crippen MR) is 116 cm³/mol. The van der Waals surface area contributed by atoms with Crippen LogP contribution in [0.25, 0.3) is 0 Å². The third kappa shape index (κ3) is 4.17. The molecular weight excluding hydrogens is 380 g/mol. The number of methoxy groups -OCH3 is 2. The van der Waals surface area contributed by atoms with Crippen molar-refractivity contribution < 1.29 is 19.4 Å². The van der Waals surface area contributed by atoms with Crippen molar-refractivity contribution in [3.05, 3.63) is 23.8 Å².